The van der Waals surface area contributed by atoms with Gasteiger partial charge in [0.2, 0.25) is 0 Å². The van der Waals surface area contributed by atoms with Crippen molar-refractivity contribution in [3.05, 3.63) is 43.0 Å². The molecule has 2 unspecified atom stereocenters. The summed E-state index contributed by atoms with van der Waals surface area (Å²) in [6.45, 7) is 2.84. The lowest BCUT2D eigenvalue weighted by Crippen LogP contribution is -2.44. The van der Waals surface area contributed by atoms with Crippen LogP contribution in [0.3, 0.4) is 0 Å². The first-order valence-electron chi connectivity index (χ1n) is 7.83. The summed E-state index contributed by atoms with van der Waals surface area (Å²) in [4.78, 5) is 7.40. The monoisotopic (exact) mass is 318 g/mol. The molecule has 1 aliphatic rings. The van der Waals surface area contributed by atoms with Gasteiger partial charge in [-0.05, 0) is 31.5 Å². The molecule has 6 heteroatoms. The fraction of sp³-hybridized carbons (Fsp3) is 0.500. The van der Waals surface area contributed by atoms with E-state index in [1.165, 1.54) is 19.3 Å². The highest BCUT2D eigenvalue weighted by atomic mass is 32.2. The minimum absolute atomic E-state index is 0.475. The van der Waals surface area contributed by atoms with E-state index < -0.39 is 10.8 Å². The first kappa shape index (κ1) is 15.4. The van der Waals surface area contributed by atoms with Crippen molar-refractivity contribution < 1.29 is 4.21 Å². The summed E-state index contributed by atoms with van der Waals surface area (Å²) in [5.41, 5.74) is 0. The summed E-state index contributed by atoms with van der Waals surface area (Å²) >= 11 is 0. The van der Waals surface area contributed by atoms with Crippen LogP contribution in [0.5, 0.6) is 0 Å². The third-order valence-electron chi connectivity index (χ3n) is 4.18. The molecule has 118 valence electrons. The van der Waals surface area contributed by atoms with Crippen molar-refractivity contribution in [2.75, 3.05) is 18.8 Å². The van der Waals surface area contributed by atoms with Gasteiger partial charge in [0.15, 0.2) is 0 Å². The second-order valence-corrected chi connectivity index (χ2v) is 7.24. The number of aromatic nitrogens is 3. The third kappa shape index (κ3) is 4.01. The molecule has 1 aromatic carbocycles. The average molecular weight is 318 g/mol. The van der Waals surface area contributed by atoms with Crippen LogP contribution >= 0.6 is 0 Å². The topological polar surface area (TPSA) is 51.0 Å². The fourth-order valence-electron chi connectivity index (χ4n) is 2.99. The number of hydrogen-bond donors (Lipinski definition) is 0. The molecule has 0 amide bonds. The lowest BCUT2D eigenvalue weighted by Gasteiger charge is -2.35. The van der Waals surface area contributed by atoms with Gasteiger partial charge in [0.25, 0.3) is 0 Å². The molecule has 5 nitrogen and oxygen atoms in total. The van der Waals surface area contributed by atoms with E-state index in [1.807, 2.05) is 35.0 Å². The van der Waals surface area contributed by atoms with Crippen molar-refractivity contribution in [3.63, 3.8) is 0 Å². The molecule has 0 N–H and O–H groups in total. The van der Waals surface area contributed by atoms with Gasteiger partial charge in [-0.25, -0.2) is 4.98 Å². The van der Waals surface area contributed by atoms with Crippen molar-refractivity contribution in [3.8, 4) is 0 Å². The average Bonchev–Trinajstić information content (AvgIpc) is 3.07. The van der Waals surface area contributed by atoms with Crippen LogP contribution in [0.15, 0.2) is 47.9 Å². The summed E-state index contributed by atoms with van der Waals surface area (Å²) in [6.07, 6.45) is 7.02. The summed E-state index contributed by atoms with van der Waals surface area (Å²) in [5, 5.41) is 4.21. The van der Waals surface area contributed by atoms with Crippen LogP contribution in [0.25, 0.3) is 0 Å². The standard InChI is InChI=1S/C16H22N4OS/c21-22(16-7-2-1-3-8-16)11-10-19-9-5-4-6-15(19)12-20-14-17-13-18-20/h1-3,7-8,13-15H,4-6,9-12H2. The lowest BCUT2D eigenvalue weighted by atomic mass is 10.0. The molecular formula is C16H22N4OS. The second-order valence-electron chi connectivity index (χ2n) is 5.67. The van der Waals surface area contributed by atoms with E-state index in [0.717, 1.165) is 24.5 Å². The molecule has 2 heterocycles. The molecule has 0 aliphatic carbocycles. The number of likely N-dealkylation sites (tertiary alicyclic amines) is 1. The summed E-state index contributed by atoms with van der Waals surface area (Å²) < 4.78 is 14.3. The van der Waals surface area contributed by atoms with Gasteiger partial charge in [-0.1, -0.05) is 24.6 Å². The van der Waals surface area contributed by atoms with Crippen LogP contribution in [0, 0.1) is 0 Å². The van der Waals surface area contributed by atoms with Crippen molar-refractivity contribution in [1.82, 2.24) is 19.7 Å². The molecule has 1 fully saturated rings. The van der Waals surface area contributed by atoms with Crippen LogP contribution in [0.1, 0.15) is 19.3 Å². The van der Waals surface area contributed by atoms with Crippen LogP contribution in [0.2, 0.25) is 0 Å². The molecule has 0 saturated carbocycles. The maximum Gasteiger partial charge on any atom is 0.137 e. The molecule has 0 spiro atoms. The van der Waals surface area contributed by atoms with Crippen molar-refractivity contribution in [2.45, 2.75) is 36.7 Å². The van der Waals surface area contributed by atoms with E-state index in [2.05, 4.69) is 15.0 Å². The van der Waals surface area contributed by atoms with Crippen LogP contribution in [-0.4, -0.2) is 48.8 Å². The number of rotatable bonds is 6. The van der Waals surface area contributed by atoms with Gasteiger partial charge in [-0.15, -0.1) is 0 Å². The Kier molecular flexibility index (Phi) is 5.34. The molecule has 22 heavy (non-hydrogen) atoms. The Labute approximate surface area is 133 Å². The number of piperidine rings is 1. The van der Waals surface area contributed by atoms with E-state index in [1.54, 1.807) is 12.7 Å². The summed E-state index contributed by atoms with van der Waals surface area (Å²) in [5.74, 6) is 0.692. The maximum atomic E-state index is 12.4. The van der Waals surface area contributed by atoms with E-state index in [4.69, 9.17) is 0 Å². The van der Waals surface area contributed by atoms with Crippen molar-refractivity contribution >= 4 is 10.8 Å². The minimum Gasteiger partial charge on any atom is -0.298 e. The van der Waals surface area contributed by atoms with Gasteiger partial charge >= 0.3 is 0 Å². The van der Waals surface area contributed by atoms with E-state index >= 15 is 0 Å². The Hall–Kier alpha value is -1.53. The fourth-order valence-corrected chi connectivity index (χ4v) is 4.09. The first-order valence-corrected chi connectivity index (χ1v) is 9.15. The number of hydrogen-bond acceptors (Lipinski definition) is 4. The molecule has 1 aliphatic heterocycles. The molecule has 3 rings (SSSR count). The largest absolute Gasteiger partial charge is 0.298 e. The van der Waals surface area contributed by atoms with E-state index in [-0.39, 0.29) is 0 Å². The normalized spacial score (nSPS) is 20.8. The smallest absolute Gasteiger partial charge is 0.137 e. The van der Waals surface area contributed by atoms with Gasteiger partial charge in [0.1, 0.15) is 12.7 Å². The van der Waals surface area contributed by atoms with Gasteiger partial charge in [0, 0.05) is 23.2 Å². The Morgan fingerprint density at radius 2 is 2.09 bits per heavy atom. The van der Waals surface area contributed by atoms with Gasteiger partial charge < -0.3 is 0 Å². The Balaban J connectivity index is 1.56. The zero-order chi connectivity index (χ0) is 15.2. The Morgan fingerprint density at radius 1 is 1.23 bits per heavy atom. The minimum atomic E-state index is -0.915. The predicted molar refractivity (Wildman–Crippen MR) is 87.0 cm³/mol. The SMILES string of the molecule is O=S(CCN1CCCCC1Cn1cncn1)c1ccccc1. The lowest BCUT2D eigenvalue weighted by molar-refractivity contribution is 0.138. The molecule has 0 bridgehead atoms. The predicted octanol–water partition coefficient (Wildman–Crippen LogP) is 1.94. The third-order valence-corrected chi connectivity index (χ3v) is 5.53. The molecule has 2 aromatic rings. The van der Waals surface area contributed by atoms with Crippen LogP contribution < -0.4 is 0 Å². The van der Waals surface area contributed by atoms with Gasteiger partial charge in [-0.2, -0.15) is 5.10 Å². The summed E-state index contributed by atoms with van der Waals surface area (Å²) in [6, 6.07) is 10.2. The number of benzene rings is 1. The highest BCUT2D eigenvalue weighted by Crippen LogP contribution is 2.18. The zero-order valence-electron chi connectivity index (χ0n) is 12.7. The molecule has 0 radical (unpaired) electrons. The summed E-state index contributed by atoms with van der Waals surface area (Å²) in [7, 11) is -0.915. The quantitative estimate of drug-likeness (QED) is 0.817. The molecule has 1 saturated heterocycles. The maximum absolute atomic E-state index is 12.4. The highest BCUT2D eigenvalue weighted by molar-refractivity contribution is 7.85. The van der Waals surface area contributed by atoms with Crippen molar-refractivity contribution in [2.24, 2.45) is 0 Å². The number of nitrogens with zero attached hydrogens (tertiary/aromatic N) is 4. The van der Waals surface area contributed by atoms with Crippen LogP contribution in [0.4, 0.5) is 0 Å². The van der Waals surface area contributed by atoms with E-state index in [9.17, 15) is 4.21 Å². The molecule has 1 aromatic heterocycles. The Morgan fingerprint density at radius 3 is 2.86 bits per heavy atom. The zero-order valence-corrected chi connectivity index (χ0v) is 13.5. The highest BCUT2D eigenvalue weighted by Gasteiger charge is 2.23. The van der Waals surface area contributed by atoms with Crippen molar-refractivity contribution in [1.29, 1.82) is 0 Å². The van der Waals surface area contributed by atoms with Gasteiger partial charge in [-0.3, -0.25) is 13.8 Å². The van der Waals surface area contributed by atoms with Gasteiger partial charge in [0.05, 0.1) is 17.3 Å². The molecule has 2 atom stereocenters. The Bertz CT molecular complexity index is 587. The second kappa shape index (κ2) is 7.65. The van der Waals surface area contributed by atoms with Crippen LogP contribution in [-0.2, 0) is 17.3 Å². The van der Waals surface area contributed by atoms with E-state index in [0.29, 0.717) is 11.8 Å². The molecular weight excluding hydrogens is 296 g/mol. The first-order chi connectivity index (χ1) is 10.8.